The van der Waals surface area contributed by atoms with Crippen LogP contribution in [0.25, 0.3) is 0 Å². The minimum atomic E-state index is 0.0452. The number of ketones is 1. The molecule has 0 aliphatic carbocycles. The average molecular weight is 306 g/mol. The lowest BCUT2D eigenvalue weighted by atomic mass is 10.1. The molecule has 17 heavy (non-hydrogen) atoms. The van der Waals surface area contributed by atoms with Crippen LogP contribution >= 0.6 is 46.7 Å². The van der Waals surface area contributed by atoms with Crippen LogP contribution in [0.1, 0.15) is 10.4 Å². The van der Waals surface area contributed by atoms with E-state index in [2.05, 4.69) is 4.99 Å². The molecule has 0 fully saturated rings. The molecule has 1 aromatic carbocycles. The molecule has 0 amide bonds. The fraction of sp³-hybridized carbons (Fsp3) is 0.273. The number of carbonyl (C=O) groups is 1. The number of Topliss-reactive ketones (excluding diaryl/α,β-unsaturated/α-hetero) is 1. The minimum Gasteiger partial charge on any atom is -0.293 e. The Balaban J connectivity index is 1.97. The van der Waals surface area contributed by atoms with Crippen molar-refractivity contribution in [3.05, 3.63) is 33.8 Å². The van der Waals surface area contributed by atoms with Crippen molar-refractivity contribution in [2.24, 2.45) is 4.99 Å². The smallest absolute Gasteiger partial charge is 0.173 e. The molecule has 0 N–H and O–H groups in total. The third kappa shape index (κ3) is 3.65. The third-order valence-corrected chi connectivity index (χ3v) is 5.12. The zero-order chi connectivity index (χ0) is 12.3. The van der Waals surface area contributed by atoms with Gasteiger partial charge in [0, 0.05) is 11.3 Å². The molecule has 0 atom stereocenters. The molecule has 0 saturated carbocycles. The molecule has 0 spiro atoms. The lowest BCUT2D eigenvalue weighted by molar-refractivity contribution is 0.102. The topological polar surface area (TPSA) is 29.4 Å². The Morgan fingerprint density at radius 3 is 2.88 bits per heavy atom. The van der Waals surface area contributed by atoms with Crippen LogP contribution in [-0.2, 0) is 0 Å². The van der Waals surface area contributed by atoms with E-state index in [0.29, 0.717) is 21.4 Å². The number of halogens is 2. The molecule has 0 aromatic heterocycles. The highest BCUT2D eigenvalue weighted by Gasteiger charge is 2.12. The molecule has 0 unspecified atom stereocenters. The first-order valence-electron chi connectivity index (χ1n) is 4.95. The predicted octanol–water partition coefficient (Wildman–Crippen LogP) is 4.01. The molecule has 1 aliphatic heterocycles. The molecule has 1 heterocycles. The quantitative estimate of drug-likeness (QED) is 0.790. The van der Waals surface area contributed by atoms with Crippen LogP contribution in [0.3, 0.4) is 0 Å². The SMILES string of the molecule is O=C(CSC1=NCCS1)c1ccc(Cl)c(Cl)c1. The molecule has 6 heteroatoms. The monoisotopic (exact) mass is 305 g/mol. The van der Waals surface area contributed by atoms with Crippen molar-refractivity contribution in [1.29, 1.82) is 0 Å². The Labute approximate surface area is 118 Å². The molecule has 1 aromatic rings. The van der Waals surface area contributed by atoms with Gasteiger partial charge in [-0.3, -0.25) is 9.79 Å². The van der Waals surface area contributed by atoms with Crippen LogP contribution < -0.4 is 0 Å². The highest BCUT2D eigenvalue weighted by molar-refractivity contribution is 8.39. The molecule has 2 rings (SSSR count). The van der Waals surface area contributed by atoms with Gasteiger partial charge in [0.1, 0.15) is 4.38 Å². The molecular formula is C11H9Cl2NOS2. The molecule has 0 saturated heterocycles. The maximum atomic E-state index is 11.9. The summed E-state index contributed by atoms with van der Waals surface area (Å²) in [6.07, 6.45) is 0. The zero-order valence-electron chi connectivity index (χ0n) is 8.78. The highest BCUT2D eigenvalue weighted by atomic mass is 35.5. The van der Waals surface area contributed by atoms with Gasteiger partial charge in [0.15, 0.2) is 5.78 Å². The fourth-order valence-corrected chi connectivity index (χ4v) is 3.48. The summed E-state index contributed by atoms with van der Waals surface area (Å²) < 4.78 is 0.999. The van der Waals surface area contributed by atoms with Crippen molar-refractivity contribution in [3.63, 3.8) is 0 Å². The van der Waals surface area contributed by atoms with Crippen molar-refractivity contribution in [1.82, 2.24) is 0 Å². The second-order valence-electron chi connectivity index (χ2n) is 3.34. The number of rotatable bonds is 3. The Morgan fingerprint density at radius 1 is 1.41 bits per heavy atom. The second-order valence-corrected chi connectivity index (χ2v) is 6.46. The minimum absolute atomic E-state index is 0.0452. The standard InChI is InChI=1S/C11H9Cl2NOS2/c12-8-2-1-7(5-9(8)13)10(15)6-17-11-14-3-4-16-11/h1-2,5H,3-4,6H2. The number of carbonyl (C=O) groups excluding carboxylic acids is 1. The third-order valence-electron chi connectivity index (χ3n) is 2.13. The normalized spacial score (nSPS) is 14.8. The van der Waals surface area contributed by atoms with Gasteiger partial charge in [0.05, 0.1) is 22.3 Å². The zero-order valence-corrected chi connectivity index (χ0v) is 11.9. The number of hydrogen-bond donors (Lipinski definition) is 0. The van der Waals surface area contributed by atoms with Crippen molar-refractivity contribution in [3.8, 4) is 0 Å². The van der Waals surface area contributed by atoms with Crippen molar-refractivity contribution < 1.29 is 4.79 Å². The fourth-order valence-electron chi connectivity index (χ4n) is 1.28. The van der Waals surface area contributed by atoms with E-state index in [-0.39, 0.29) is 5.78 Å². The number of benzene rings is 1. The van der Waals surface area contributed by atoms with E-state index in [1.54, 1.807) is 30.0 Å². The number of hydrogen-bond acceptors (Lipinski definition) is 4. The van der Waals surface area contributed by atoms with Crippen molar-refractivity contribution >= 4 is 56.9 Å². The van der Waals surface area contributed by atoms with Gasteiger partial charge in [0.2, 0.25) is 0 Å². The van der Waals surface area contributed by atoms with E-state index < -0.39 is 0 Å². The molecule has 2 nitrogen and oxygen atoms in total. The number of nitrogens with zero attached hydrogens (tertiary/aromatic N) is 1. The number of aliphatic imine (C=N–C) groups is 1. The van der Waals surface area contributed by atoms with Gasteiger partial charge >= 0.3 is 0 Å². The van der Waals surface area contributed by atoms with Crippen LogP contribution in [-0.4, -0.2) is 28.2 Å². The molecular weight excluding hydrogens is 297 g/mol. The first-order chi connectivity index (χ1) is 8.16. The first kappa shape index (κ1) is 13.3. The Bertz CT molecular complexity index is 477. The lowest BCUT2D eigenvalue weighted by Crippen LogP contribution is -2.03. The van der Waals surface area contributed by atoms with Crippen LogP contribution in [0.15, 0.2) is 23.2 Å². The van der Waals surface area contributed by atoms with E-state index in [4.69, 9.17) is 23.2 Å². The summed E-state index contributed by atoms with van der Waals surface area (Å²) in [4.78, 5) is 16.2. The van der Waals surface area contributed by atoms with Gasteiger partial charge in [-0.1, -0.05) is 46.7 Å². The van der Waals surface area contributed by atoms with Gasteiger partial charge in [-0.25, -0.2) is 0 Å². The second kappa shape index (κ2) is 6.14. The van der Waals surface area contributed by atoms with E-state index in [1.807, 2.05) is 0 Å². The van der Waals surface area contributed by atoms with E-state index in [1.165, 1.54) is 11.8 Å². The predicted molar refractivity (Wildman–Crippen MR) is 78.0 cm³/mol. The van der Waals surface area contributed by atoms with Gasteiger partial charge in [-0.05, 0) is 18.2 Å². The molecule has 0 radical (unpaired) electrons. The van der Waals surface area contributed by atoms with Crippen LogP contribution in [0, 0.1) is 0 Å². The van der Waals surface area contributed by atoms with E-state index in [0.717, 1.165) is 16.7 Å². The summed E-state index contributed by atoms with van der Waals surface area (Å²) in [6.45, 7) is 0.855. The van der Waals surface area contributed by atoms with Gasteiger partial charge in [-0.15, -0.1) is 0 Å². The van der Waals surface area contributed by atoms with Crippen LogP contribution in [0.4, 0.5) is 0 Å². The summed E-state index contributed by atoms with van der Waals surface area (Å²) in [5.74, 6) is 1.45. The first-order valence-corrected chi connectivity index (χ1v) is 7.68. The van der Waals surface area contributed by atoms with Gasteiger partial charge in [-0.2, -0.15) is 0 Å². The Kier molecular flexibility index (Phi) is 4.79. The molecule has 90 valence electrons. The summed E-state index contributed by atoms with van der Waals surface area (Å²) in [6, 6.07) is 4.95. The largest absolute Gasteiger partial charge is 0.293 e. The summed E-state index contributed by atoms with van der Waals surface area (Å²) in [7, 11) is 0. The maximum Gasteiger partial charge on any atom is 0.173 e. The Hall–Kier alpha value is -0.160. The average Bonchev–Trinajstić information content (AvgIpc) is 2.82. The summed E-state index contributed by atoms with van der Waals surface area (Å²) >= 11 is 14.8. The Morgan fingerprint density at radius 2 is 2.24 bits per heavy atom. The molecule has 0 bridgehead atoms. The van der Waals surface area contributed by atoms with Crippen LogP contribution in [0.2, 0.25) is 10.0 Å². The maximum absolute atomic E-state index is 11.9. The van der Waals surface area contributed by atoms with Crippen molar-refractivity contribution in [2.75, 3.05) is 18.1 Å². The lowest BCUT2D eigenvalue weighted by Gasteiger charge is -2.02. The highest BCUT2D eigenvalue weighted by Crippen LogP contribution is 2.25. The number of thioether (sulfide) groups is 2. The summed E-state index contributed by atoms with van der Waals surface area (Å²) in [5, 5.41) is 0.877. The van der Waals surface area contributed by atoms with Crippen LogP contribution in [0.5, 0.6) is 0 Å². The summed E-state index contributed by atoms with van der Waals surface area (Å²) in [5.41, 5.74) is 0.593. The van der Waals surface area contributed by atoms with E-state index in [9.17, 15) is 4.79 Å². The molecule has 1 aliphatic rings. The van der Waals surface area contributed by atoms with Gasteiger partial charge in [0.25, 0.3) is 0 Å². The van der Waals surface area contributed by atoms with E-state index >= 15 is 0 Å². The van der Waals surface area contributed by atoms with Gasteiger partial charge < -0.3 is 0 Å². The van der Waals surface area contributed by atoms with Crippen molar-refractivity contribution in [2.45, 2.75) is 0 Å².